The minimum absolute atomic E-state index is 0.128. The van der Waals surface area contributed by atoms with Crippen LogP contribution in [-0.4, -0.2) is 25.0 Å². The molecule has 6 heteroatoms. The minimum atomic E-state index is -0.664. The molecule has 0 heterocycles. The third kappa shape index (κ3) is 3.81. The molecule has 0 saturated heterocycles. The predicted octanol–water partition coefficient (Wildman–Crippen LogP) is 1.88. The highest BCUT2D eigenvalue weighted by atomic mass is 79.9. The first-order valence-corrected chi connectivity index (χ1v) is 5.73. The first kappa shape index (κ1) is 13.6. The van der Waals surface area contributed by atoms with E-state index in [2.05, 4.69) is 26.0 Å². The molecule has 0 bridgehead atoms. The van der Waals surface area contributed by atoms with Gasteiger partial charge in [0.2, 0.25) is 0 Å². The summed E-state index contributed by atoms with van der Waals surface area (Å²) in [6.45, 7) is 1.61. The fourth-order valence-corrected chi connectivity index (χ4v) is 1.69. The Labute approximate surface area is 106 Å². The molecule has 0 saturated carbocycles. The van der Waals surface area contributed by atoms with Crippen molar-refractivity contribution in [2.24, 2.45) is 0 Å². The number of carbonyl (C=O) groups is 2. The van der Waals surface area contributed by atoms with Gasteiger partial charge in [-0.3, -0.25) is 9.59 Å². The third-order valence-corrected chi connectivity index (χ3v) is 2.55. The van der Waals surface area contributed by atoms with E-state index in [1.807, 2.05) is 0 Å². The molecule has 0 aliphatic heterocycles. The van der Waals surface area contributed by atoms with Crippen molar-refractivity contribution in [3.8, 4) is 0 Å². The van der Waals surface area contributed by atoms with Crippen molar-refractivity contribution in [1.29, 1.82) is 0 Å². The molecule has 17 heavy (non-hydrogen) atoms. The number of amides is 1. The molecule has 4 nitrogen and oxygen atoms in total. The van der Waals surface area contributed by atoms with Crippen molar-refractivity contribution in [2.45, 2.75) is 6.92 Å². The third-order valence-electron chi connectivity index (χ3n) is 1.89. The molecule has 1 aromatic rings. The van der Waals surface area contributed by atoms with Gasteiger partial charge in [0.25, 0.3) is 5.91 Å². The highest BCUT2D eigenvalue weighted by molar-refractivity contribution is 9.10. The van der Waals surface area contributed by atoms with Gasteiger partial charge in [-0.15, -0.1) is 0 Å². The summed E-state index contributed by atoms with van der Waals surface area (Å²) in [5, 5.41) is 2.28. The molecule has 0 aromatic heterocycles. The van der Waals surface area contributed by atoms with Crippen LogP contribution in [-0.2, 0) is 9.53 Å². The van der Waals surface area contributed by atoms with Crippen LogP contribution in [0.1, 0.15) is 17.3 Å². The van der Waals surface area contributed by atoms with Gasteiger partial charge in [0.1, 0.15) is 12.4 Å². The molecule has 0 aliphatic carbocycles. The average molecular weight is 304 g/mol. The van der Waals surface area contributed by atoms with E-state index in [-0.39, 0.29) is 18.7 Å². The maximum atomic E-state index is 13.4. The Balaban J connectivity index is 2.68. The number of halogens is 2. The van der Waals surface area contributed by atoms with Gasteiger partial charge in [-0.2, -0.15) is 0 Å². The van der Waals surface area contributed by atoms with Gasteiger partial charge in [0, 0.05) is 4.47 Å². The lowest BCUT2D eigenvalue weighted by molar-refractivity contribution is -0.141. The van der Waals surface area contributed by atoms with E-state index in [0.29, 0.717) is 4.47 Å². The molecule has 0 fully saturated rings. The van der Waals surface area contributed by atoms with E-state index in [4.69, 9.17) is 0 Å². The Morgan fingerprint density at radius 1 is 1.47 bits per heavy atom. The summed E-state index contributed by atoms with van der Waals surface area (Å²) in [5.41, 5.74) is -0.128. The lowest BCUT2D eigenvalue weighted by Gasteiger charge is -2.07. The maximum Gasteiger partial charge on any atom is 0.325 e. The fourth-order valence-electron chi connectivity index (χ4n) is 1.17. The van der Waals surface area contributed by atoms with E-state index in [9.17, 15) is 14.0 Å². The first-order valence-electron chi connectivity index (χ1n) is 4.94. The summed E-state index contributed by atoms with van der Waals surface area (Å²) in [4.78, 5) is 22.6. The summed E-state index contributed by atoms with van der Waals surface area (Å²) in [5.74, 6) is -1.88. The second kappa shape index (κ2) is 6.34. The maximum absolute atomic E-state index is 13.4. The van der Waals surface area contributed by atoms with Gasteiger partial charge in [-0.25, -0.2) is 4.39 Å². The molecular weight excluding hydrogens is 293 g/mol. The number of ether oxygens (including phenoxy) is 1. The molecule has 1 amide bonds. The number of benzene rings is 1. The Bertz CT molecular complexity index is 416. The minimum Gasteiger partial charge on any atom is -0.465 e. The lowest BCUT2D eigenvalue weighted by Crippen LogP contribution is -2.31. The number of rotatable bonds is 4. The number of nitrogens with one attached hydrogen (secondary N) is 1. The Kier molecular flexibility index (Phi) is 5.09. The zero-order chi connectivity index (χ0) is 12.8. The highest BCUT2D eigenvalue weighted by Crippen LogP contribution is 2.19. The summed E-state index contributed by atoms with van der Waals surface area (Å²) < 4.78 is 18.3. The molecule has 1 rings (SSSR count). The molecule has 0 unspecified atom stereocenters. The van der Waals surface area contributed by atoms with Crippen LogP contribution >= 0.6 is 15.9 Å². The lowest BCUT2D eigenvalue weighted by atomic mass is 10.2. The standard InChI is InChI=1S/C11H11BrFNO3/c1-2-17-9(15)6-14-11(16)10-7(12)4-3-5-8(10)13/h3-5H,2,6H2,1H3,(H,14,16). The van der Waals surface area contributed by atoms with E-state index in [0.717, 1.165) is 0 Å². The molecule has 0 spiro atoms. The van der Waals surface area contributed by atoms with Crippen molar-refractivity contribution in [3.05, 3.63) is 34.1 Å². The summed E-state index contributed by atoms with van der Waals surface area (Å²) in [6.07, 6.45) is 0. The molecule has 1 aromatic carbocycles. The van der Waals surface area contributed by atoms with E-state index < -0.39 is 17.7 Å². The molecule has 0 atom stereocenters. The van der Waals surface area contributed by atoms with Crippen molar-refractivity contribution < 1.29 is 18.7 Å². The van der Waals surface area contributed by atoms with Crippen LogP contribution in [0.3, 0.4) is 0 Å². The van der Waals surface area contributed by atoms with Crippen molar-refractivity contribution >= 4 is 27.8 Å². The summed E-state index contributed by atoms with van der Waals surface area (Å²) in [7, 11) is 0. The second-order valence-electron chi connectivity index (χ2n) is 3.08. The highest BCUT2D eigenvalue weighted by Gasteiger charge is 2.16. The van der Waals surface area contributed by atoms with E-state index in [1.54, 1.807) is 13.0 Å². The van der Waals surface area contributed by atoms with Gasteiger partial charge >= 0.3 is 5.97 Å². The largest absolute Gasteiger partial charge is 0.465 e. The Hall–Kier alpha value is -1.43. The Morgan fingerprint density at radius 3 is 2.76 bits per heavy atom. The molecular formula is C11H11BrFNO3. The number of hydrogen-bond donors (Lipinski definition) is 1. The van der Waals surface area contributed by atoms with Crippen LogP contribution in [0.2, 0.25) is 0 Å². The van der Waals surface area contributed by atoms with Gasteiger partial charge in [-0.05, 0) is 35.0 Å². The zero-order valence-electron chi connectivity index (χ0n) is 9.13. The van der Waals surface area contributed by atoms with Gasteiger partial charge < -0.3 is 10.1 Å². The zero-order valence-corrected chi connectivity index (χ0v) is 10.7. The van der Waals surface area contributed by atoms with Crippen LogP contribution in [0.4, 0.5) is 4.39 Å². The van der Waals surface area contributed by atoms with Crippen molar-refractivity contribution in [2.75, 3.05) is 13.2 Å². The molecule has 92 valence electrons. The Morgan fingerprint density at radius 2 is 2.18 bits per heavy atom. The van der Waals surface area contributed by atoms with Crippen molar-refractivity contribution in [3.63, 3.8) is 0 Å². The van der Waals surface area contributed by atoms with Crippen LogP contribution in [0, 0.1) is 5.82 Å². The fraction of sp³-hybridized carbons (Fsp3) is 0.273. The summed E-state index contributed by atoms with van der Waals surface area (Å²) >= 11 is 3.07. The van der Waals surface area contributed by atoms with Gasteiger partial charge in [0.15, 0.2) is 0 Å². The smallest absolute Gasteiger partial charge is 0.325 e. The molecule has 0 aliphatic rings. The SMILES string of the molecule is CCOC(=O)CNC(=O)c1c(F)cccc1Br. The topological polar surface area (TPSA) is 55.4 Å². The number of esters is 1. The first-order chi connectivity index (χ1) is 8.06. The molecule has 1 N–H and O–H groups in total. The van der Waals surface area contributed by atoms with Crippen LogP contribution in [0.5, 0.6) is 0 Å². The normalized spacial score (nSPS) is 9.82. The molecule has 0 radical (unpaired) electrons. The quantitative estimate of drug-likeness (QED) is 0.864. The monoisotopic (exact) mass is 303 g/mol. The van der Waals surface area contributed by atoms with E-state index >= 15 is 0 Å². The summed E-state index contributed by atoms with van der Waals surface area (Å²) in [6, 6.07) is 4.19. The van der Waals surface area contributed by atoms with Crippen LogP contribution < -0.4 is 5.32 Å². The predicted molar refractivity (Wildman–Crippen MR) is 63.1 cm³/mol. The van der Waals surface area contributed by atoms with Crippen LogP contribution in [0.15, 0.2) is 22.7 Å². The number of carbonyl (C=O) groups excluding carboxylic acids is 2. The van der Waals surface area contributed by atoms with E-state index in [1.165, 1.54) is 12.1 Å². The van der Waals surface area contributed by atoms with Crippen molar-refractivity contribution in [1.82, 2.24) is 5.32 Å². The average Bonchev–Trinajstić information content (AvgIpc) is 2.26. The number of hydrogen-bond acceptors (Lipinski definition) is 3. The van der Waals surface area contributed by atoms with Gasteiger partial charge in [0.05, 0.1) is 12.2 Å². The van der Waals surface area contributed by atoms with Crippen LogP contribution in [0.25, 0.3) is 0 Å². The second-order valence-corrected chi connectivity index (χ2v) is 3.94. The van der Waals surface area contributed by atoms with Gasteiger partial charge in [-0.1, -0.05) is 6.07 Å².